The van der Waals surface area contributed by atoms with Gasteiger partial charge in [0.05, 0.1) is 0 Å². The molecule has 3 heteroatoms. The van der Waals surface area contributed by atoms with E-state index in [1.807, 2.05) is 24.3 Å². The van der Waals surface area contributed by atoms with E-state index in [-0.39, 0.29) is 5.78 Å². The molecule has 1 fully saturated rings. The Bertz CT molecular complexity index is 422. The van der Waals surface area contributed by atoms with Crippen molar-refractivity contribution in [3.05, 3.63) is 34.3 Å². The molecule has 98 valence electrons. The second kappa shape index (κ2) is 5.98. The molecule has 1 aromatic rings. The summed E-state index contributed by atoms with van der Waals surface area (Å²) in [6.45, 7) is 0. The van der Waals surface area contributed by atoms with Gasteiger partial charge < -0.3 is 4.74 Å². The first kappa shape index (κ1) is 13.8. The van der Waals surface area contributed by atoms with Crippen molar-refractivity contribution < 1.29 is 9.53 Å². The van der Waals surface area contributed by atoms with Crippen LogP contribution >= 0.6 is 15.9 Å². The van der Waals surface area contributed by atoms with Crippen LogP contribution in [0.1, 0.15) is 37.7 Å². The number of carbonyl (C=O) groups excluding carboxylic acids is 1. The highest BCUT2D eigenvalue weighted by Crippen LogP contribution is 2.33. The maximum atomic E-state index is 12.5. The number of hydrogen-bond acceptors (Lipinski definition) is 2. The third-order valence-electron chi connectivity index (χ3n) is 3.87. The number of hydrogen-bond donors (Lipinski definition) is 0. The molecule has 0 aliphatic heterocycles. The van der Waals surface area contributed by atoms with Crippen LogP contribution in [-0.4, -0.2) is 18.5 Å². The van der Waals surface area contributed by atoms with Gasteiger partial charge in [-0.1, -0.05) is 53.4 Å². The average Bonchev–Trinajstić information content (AvgIpc) is 2.42. The van der Waals surface area contributed by atoms with Gasteiger partial charge in [0, 0.05) is 18.0 Å². The number of Topliss-reactive ketones (excluding diaryl/α,β-unsaturated/α-hetero) is 1. The van der Waals surface area contributed by atoms with Crippen molar-refractivity contribution in [1.82, 2.24) is 0 Å². The lowest BCUT2D eigenvalue weighted by Crippen LogP contribution is -2.43. The van der Waals surface area contributed by atoms with Crippen molar-refractivity contribution in [3.63, 3.8) is 0 Å². The summed E-state index contributed by atoms with van der Waals surface area (Å²) in [5.41, 5.74) is 0.512. The van der Waals surface area contributed by atoms with Gasteiger partial charge in [-0.15, -0.1) is 0 Å². The minimum Gasteiger partial charge on any atom is -0.370 e. The highest BCUT2D eigenvalue weighted by atomic mass is 79.9. The van der Waals surface area contributed by atoms with Crippen LogP contribution in [0.2, 0.25) is 0 Å². The average molecular weight is 311 g/mol. The topological polar surface area (TPSA) is 26.3 Å². The van der Waals surface area contributed by atoms with Crippen molar-refractivity contribution in [1.29, 1.82) is 0 Å². The quantitative estimate of drug-likeness (QED) is 0.843. The van der Waals surface area contributed by atoms with E-state index < -0.39 is 5.60 Å². The molecule has 0 unspecified atom stereocenters. The fraction of sp³-hybridized carbons (Fsp3) is 0.533. The molecule has 0 bridgehead atoms. The van der Waals surface area contributed by atoms with Crippen molar-refractivity contribution in [2.24, 2.45) is 0 Å². The smallest absolute Gasteiger partial charge is 0.168 e. The van der Waals surface area contributed by atoms with Crippen LogP contribution in [0.5, 0.6) is 0 Å². The Morgan fingerprint density at radius 3 is 2.56 bits per heavy atom. The molecule has 1 aromatic carbocycles. The first-order valence-corrected chi connectivity index (χ1v) is 7.29. The Balaban J connectivity index is 2.13. The normalized spacial score (nSPS) is 18.6. The molecular formula is C15H19BrO2. The number of rotatable bonds is 4. The molecule has 0 atom stereocenters. The lowest BCUT2D eigenvalue weighted by Gasteiger charge is -2.34. The van der Waals surface area contributed by atoms with Crippen LogP contribution in [0.25, 0.3) is 0 Å². The van der Waals surface area contributed by atoms with E-state index in [4.69, 9.17) is 4.74 Å². The Labute approximate surface area is 117 Å². The molecule has 0 spiro atoms. The van der Waals surface area contributed by atoms with E-state index in [9.17, 15) is 4.79 Å². The molecule has 0 saturated heterocycles. The van der Waals surface area contributed by atoms with E-state index in [2.05, 4.69) is 15.9 Å². The number of ketones is 1. The van der Waals surface area contributed by atoms with Crippen LogP contribution in [0.15, 0.2) is 28.7 Å². The maximum absolute atomic E-state index is 12.5. The van der Waals surface area contributed by atoms with Crippen molar-refractivity contribution in [2.75, 3.05) is 7.11 Å². The van der Waals surface area contributed by atoms with Gasteiger partial charge in [-0.3, -0.25) is 4.79 Å². The SMILES string of the molecule is COC1(C(=O)Cc2ccccc2Br)CCCCC1. The zero-order valence-electron chi connectivity index (χ0n) is 10.7. The molecule has 0 heterocycles. The van der Waals surface area contributed by atoms with Crippen molar-refractivity contribution in [3.8, 4) is 0 Å². The summed E-state index contributed by atoms with van der Waals surface area (Å²) in [4.78, 5) is 12.5. The molecule has 1 saturated carbocycles. The minimum absolute atomic E-state index is 0.219. The Hall–Kier alpha value is -0.670. The number of benzene rings is 1. The highest BCUT2D eigenvalue weighted by molar-refractivity contribution is 9.10. The van der Waals surface area contributed by atoms with Gasteiger partial charge in [0.1, 0.15) is 5.60 Å². The molecule has 2 rings (SSSR count). The van der Waals surface area contributed by atoms with Gasteiger partial charge in [-0.05, 0) is 24.5 Å². The van der Waals surface area contributed by atoms with Gasteiger partial charge in [-0.25, -0.2) is 0 Å². The van der Waals surface area contributed by atoms with Crippen LogP contribution < -0.4 is 0 Å². The van der Waals surface area contributed by atoms with Gasteiger partial charge in [0.2, 0.25) is 0 Å². The summed E-state index contributed by atoms with van der Waals surface area (Å²) in [6, 6.07) is 7.90. The van der Waals surface area contributed by atoms with E-state index in [0.29, 0.717) is 6.42 Å². The third-order valence-corrected chi connectivity index (χ3v) is 4.64. The minimum atomic E-state index is -0.534. The maximum Gasteiger partial charge on any atom is 0.168 e. The Morgan fingerprint density at radius 2 is 1.94 bits per heavy atom. The summed E-state index contributed by atoms with van der Waals surface area (Å²) in [5, 5.41) is 0. The molecule has 0 radical (unpaired) electrons. The molecule has 18 heavy (non-hydrogen) atoms. The summed E-state index contributed by atoms with van der Waals surface area (Å²) in [5.74, 6) is 0.219. The number of halogens is 1. The van der Waals surface area contributed by atoms with Gasteiger partial charge in [0.25, 0.3) is 0 Å². The highest BCUT2D eigenvalue weighted by Gasteiger charge is 2.38. The largest absolute Gasteiger partial charge is 0.370 e. The fourth-order valence-electron chi connectivity index (χ4n) is 2.70. The molecule has 0 N–H and O–H groups in total. The van der Waals surface area contributed by atoms with Crippen molar-refractivity contribution in [2.45, 2.75) is 44.1 Å². The number of methoxy groups -OCH3 is 1. The standard InChI is InChI=1S/C15H19BrO2/c1-18-15(9-5-2-6-10-15)14(17)11-12-7-3-4-8-13(12)16/h3-4,7-8H,2,5-6,9-11H2,1H3. The van der Waals surface area contributed by atoms with Crippen molar-refractivity contribution >= 4 is 21.7 Å². The molecule has 0 aromatic heterocycles. The Morgan fingerprint density at radius 1 is 1.28 bits per heavy atom. The number of ether oxygens (including phenoxy) is 1. The number of carbonyl (C=O) groups is 1. The predicted octanol–water partition coefficient (Wildman–Crippen LogP) is 3.91. The van der Waals surface area contributed by atoms with Gasteiger partial charge in [0.15, 0.2) is 5.78 Å². The summed E-state index contributed by atoms with van der Waals surface area (Å²) < 4.78 is 6.59. The van der Waals surface area contributed by atoms with Crippen LogP contribution in [0.3, 0.4) is 0 Å². The predicted molar refractivity (Wildman–Crippen MR) is 75.7 cm³/mol. The summed E-state index contributed by atoms with van der Waals surface area (Å²) >= 11 is 3.50. The lowest BCUT2D eigenvalue weighted by atomic mass is 9.79. The van der Waals surface area contributed by atoms with Crippen LogP contribution in [-0.2, 0) is 16.0 Å². The second-order valence-electron chi connectivity index (χ2n) is 4.95. The zero-order valence-corrected chi connectivity index (χ0v) is 12.3. The van der Waals surface area contributed by atoms with Crippen LogP contribution in [0, 0.1) is 0 Å². The fourth-order valence-corrected chi connectivity index (χ4v) is 3.12. The van der Waals surface area contributed by atoms with Gasteiger partial charge >= 0.3 is 0 Å². The van der Waals surface area contributed by atoms with E-state index in [0.717, 1.165) is 35.7 Å². The molecule has 0 amide bonds. The second-order valence-corrected chi connectivity index (χ2v) is 5.80. The molecule has 2 nitrogen and oxygen atoms in total. The summed E-state index contributed by atoms with van der Waals surface area (Å²) in [6.07, 6.45) is 5.59. The summed E-state index contributed by atoms with van der Waals surface area (Å²) in [7, 11) is 1.67. The zero-order chi connectivity index (χ0) is 13.0. The Kier molecular flexibility index (Phi) is 4.57. The van der Waals surface area contributed by atoms with E-state index in [1.54, 1.807) is 7.11 Å². The lowest BCUT2D eigenvalue weighted by molar-refractivity contribution is -0.144. The first-order valence-electron chi connectivity index (χ1n) is 6.50. The molecule has 1 aliphatic carbocycles. The van der Waals surface area contributed by atoms with Gasteiger partial charge in [-0.2, -0.15) is 0 Å². The van der Waals surface area contributed by atoms with E-state index >= 15 is 0 Å². The molecular weight excluding hydrogens is 292 g/mol. The first-order chi connectivity index (χ1) is 8.68. The molecule has 1 aliphatic rings. The third kappa shape index (κ3) is 2.83. The monoisotopic (exact) mass is 310 g/mol. The van der Waals surface area contributed by atoms with E-state index in [1.165, 1.54) is 6.42 Å². The van der Waals surface area contributed by atoms with Crippen LogP contribution in [0.4, 0.5) is 0 Å².